The molecule has 0 atom stereocenters. The van der Waals surface area contributed by atoms with E-state index in [0.29, 0.717) is 11.5 Å². The summed E-state index contributed by atoms with van der Waals surface area (Å²) in [6.45, 7) is 8.14. The Morgan fingerprint density at radius 2 is 1.65 bits per heavy atom. The van der Waals surface area contributed by atoms with E-state index in [2.05, 4.69) is 48.2 Å². The molecule has 2 rings (SSSR count). The molecule has 0 radical (unpaired) electrons. The molecule has 1 aromatic carbocycles. The van der Waals surface area contributed by atoms with E-state index in [4.69, 9.17) is 0 Å². The third-order valence-corrected chi connectivity index (χ3v) is 3.26. The predicted octanol–water partition coefficient (Wildman–Crippen LogP) is 3.93. The Morgan fingerprint density at radius 1 is 1.05 bits per heavy atom. The predicted molar refractivity (Wildman–Crippen MR) is 80.4 cm³/mol. The minimum Gasteiger partial charge on any atom is -0.371 e. The second-order valence-corrected chi connectivity index (χ2v) is 5.87. The molecule has 0 spiro atoms. The van der Waals surface area contributed by atoms with Gasteiger partial charge >= 0.3 is 0 Å². The number of halogens is 1. The van der Waals surface area contributed by atoms with Gasteiger partial charge in [0.05, 0.1) is 5.69 Å². The molecule has 4 heteroatoms. The van der Waals surface area contributed by atoms with E-state index >= 15 is 0 Å². The number of rotatable bonds is 2. The number of aromatic nitrogens is 2. The molecule has 0 aliphatic carbocycles. The van der Waals surface area contributed by atoms with Crippen molar-refractivity contribution in [3.63, 3.8) is 0 Å². The van der Waals surface area contributed by atoms with Gasteiger partial charge in [0.1, 0.15) is 0 Å². The lowest BCUT2D eigenvalue weighted by Gasteiger charge is -2.19. The highest BCUT2D eigenvalue weighted by Gasteiger charge is 2.15. The molecule has 0 saturated heterocycles. The first-order valence-electron chi connectivity index (χ1n) is 6.65. The van der Waals surface area contributed by atoms with Gasteiger partial charge in [0.15, 0.2) is 17.5 Å². The van der Waals surface area contributed by atoms with Gasteiger partial charge in [0.2, 0.25) is 0 Å². The summed E-state index contributed by atoms with van der Waals surface area (Å²) in [5.41, 5.74) is 2.58. The first-order chi connectivity index (χ1) is 9.32. The first-order valence-corrected chi connectivity index (χ1v) is 6.65. The summed E-state index contributed by atoms with van der Waals surface area (Å²) in [6.07, 6.45) is 0. The Hall–Kier alpha value is -1.97. The maximum Gasteiger partial charge on any atom is 0.186 e. The number of nitrogens with zero attached hydrogens (tertiary/aromatic N) is 2. The minimum atomic E-state index is -0.400. The van der Waals surface area contributed by atoms with Crippen molar-refractivity contribution in [2.24, 2.45) is 0 Å². The molecule has 1 aromatic heterocycles. The molecule has 106 valence electrons. The lowest BCUT2D eigenvalue weighted by molar-refractivity contribution is 0.590. The Labute approximate surface area is 119 Å². The van der Waals surface area contributed by atoms with Gasteiger partial charge in [0.25, 0.3) is 0 Å². The molecule has 1 N–H and O–H groups in total. The summed E-state index contributed by atoms with van der Waals surface area (Å²) < 4.78 is 13.7. The highest BCUT2D eigenvalue weighted by Crippen LogP contribution is 2.26. The van der Waals surface area contributed by atoms with E-state index in [1.54, 1.807) is 14.0 Å². The summed E-state index contributed by atoms with van der Waals surface area (Å²) >= 11 is 0. The highest BCUT2D eigenvalue weighted by atomic mass is 19.1. The summed E-state index contributed by atoms with van der Waals surface area (Å²) in [7, 11) is 1.65. The van der Waals surface area contributed by atoms with Gasteiger partial charge in [0, 0.05) is 12.6 Å². The van der Waals surface area contributed by atoms with Crippen molar-refractivity contribution >= 4 is 5.82 Å². The summed E-state index contributed by atoms with van der Waals surface area (Å²) in [6, 6.07) is 8.09. The van der Waals surface area contributed by atoms with Crippen LogP contribution in [-0.2, 0) is 5.41 Å². The van der Waals surface area contributed by atoms with Crippen molar-refractivity contribution in [1.82, 2.24) is 9.97 Å². The molecule has 0 unspecified atom stereocenters. The Bertz CT molecular complexity index is 613. The van der Waals surface area contributed by atoms with E-state index in [1.807, 2.05) is 12.1 Å². The summed E-state index contributed by atoms with van der Waals surface area (Å²) in [5.74, 6) is 0.365. The molecule has 0 amide bonds. The zero-order chi connectivity index (χ0) is 14.9. The number of anilines is 1. The first kappa shape index (κ1) is 14.4. The maximum atomic E-state index is 13.7. The largest absolute Gasteiger partial charge is 0.371 e. The Morgan fingerprint density at radius 3 is 2.15 bits per heavy atom. The van der Waals surface area contributed by atoms with Crippen molar-refractivity contribution in [3.8, 4) is 11.4 Å². The van der Waals surface area contributed by atoms with Crippen LogP contribution in [0.4, 0.5) is 10.2 Å². The molecule has 2 aromatic rings. The van der Waals surface area contributed by atoms with Crippen LogP contribution in [0.15, 0.2) is 24.3 Å². The van der Waals surface area contributed by atoms with E-state index in [-0.39, 0.29) is 11.2 Å². The Balaban J connectivity index is 2.44. The normalized spacial score (nSPS) is 11.5. The van der Waals surface area contributed by atoms with Crippen LogP contribution < -0.4 is 5.32 Å². The van der Waals surface area contributed by atoms with Crippen molar-refractivity contribution in [1.29, 1.82) is 0 Å². The fraction of sp³-hybridized carbons (Fsp3) is 0.375. The smallest absolute Gasteiger partial charge is 0.186 e. The molecule has 0 fully saturated rings. The molecule has 0 bridgehead atoms. The second-order valence-electron chi connectivity index (χ2n) is 5.87. The van der Waals surface area contributed by atoms with Crippen LogP contribution in [0.2, 0.25) is 0 Å². The summed E-state index contributed by atoms with van der Waals surface area (Å²) in [5, 5.41) is 2.76. The fourth-order valence-electron chi connectivity index (χ4n) is 1.97. The van der Waals surface area contributed by atoms with Gasteiger partial charge in [-0.3, -0.25) is 0 Å². The standard InChI is InChI=1S/C16H20FN3/c1-10-13(17)15(18-5)20-14(19-10)11-6-8-12(9-7-11)16(2,3)4/h6-9H,1-5H3,(H,18,19,20). The van der Waals surface area contributed by atoms with Crippen LogP contribution in [0, 0.1) is 12.7 Å². The van der Waals surface area contributed by atoms with Crippen LogP contribution in [-0.4, -0.2) is 17.0 Å². The van der Waals surface area contributed by atoms with E-state index < -0.39 is 5.82 Å². The van der Waals surface area contributed by atoms with Gasteiger partial charge in [-0.25, -0.2) is 14.4 Å². The van der Waals surface area contributed by atoms with Crippen LogP contribution >= 0.6 is 0 Å². The Kier molecular flexibility index (Phi) is 3.75. The number of nitrogens with one attached hydrogen (secondary N) is 1. The number of hydrogen-bond acceptors (Lipinski definition) is 3. The minimum absolute atomic E-state index is 0.105. The lowest BCUT2D eigenvalue weighted by atomic mass is 9.87. The van der Waals surface area contributed by atoms with E-state index in [9.17, 15) is 4.39 Å². The zero-order valence-electron chi connectivity index (χ0n) is 12.6. The van der Waals surface area contributed by atoms with Gasteiger partial charge in [-0.2, -0.15) is 0 Å². The molecule has 0 saturated carbocycles. The van der Waals surface area contributed by atoms with Crippen LogP contribution in [0.5, 0.6) is 0 Å². The molecular formula is C16H20FN3. The topological polar surface area (TPSA) is 37.8 Å². The molecular weight excluding hydrogens is 253 g/mol. The maximum absolute atomic E-state index is 13.7. The molecule has 20 heavy (non-hydrogen) atoms. The molecule has 0 aliphatic rings. The van der Waals surface area contributed by atoms with Crippen molar-refractivity contribution < 1.29 is 4.39 Å². The van der Waals surface area contributed by atoms with Crippen molar-refractivity contribution in [2.75, 3.05) is 12.4 Å². The second kappa shape index (κ2) is 5.19. The zero-order valence-corrected chi connectivity index (χ0v) is 12.6. The lowest BCUT2D eigenvalue weighted by Crippen LogP contribution is -2.10. The van der Waals surface area contributed by atoms with Gasteiger partial charge in [-0.1, -0.05) is 45.0 Å². The van der Waals surface area contributed by atoms with Crippen LogP contribution in [0.25, 0.3) is 11.4 Å². The fourth-order valence-corrected chi connectivity index (χ4v) is 1.97. The third-order valence-electron chi connectivity index (χ3n) is 3.26. The van der Waals surface area contributed by atoms with Crippen molar-refractivity contribution in [3.05, 3.63) is 41.3 Å². The summed E-state index contributed by atoms with van der Waals surface area (Å²) in [4.78, 5) is 8.43. The van der Waals surface area contributed by atoms with Crippen LogP contribution in [0.3, 0.4) is 0 Å². The number of hydrogen-bond donors (Lipinski definition) is 1. The molecule has 1 heterocycles. The van der Waals surface area contributed by atoms with Gasteiger partial charge < -0.3 is 5.32 Å². The molecule has 0 aliphatic heterocycles. The highest BCUT2D eigenvalue weighted by molar-refractivity contribution is 5.58. The van der Waals surface area contributed by atoms with E-state index in [0.717, 1.165) is 5.56 Å². The average molecular weight is 273 g/mol. The van der Waals surface area contributed by atoms with E-state index in [1.165, 1.54) is 5.56 Å². The van der Waals surface area contributed by atoms with Crippen LogP contribution in [0.1, 0.15) is 32.0 Å². The average Bonchev–Trinajstić information content (AvgIpc) is 2.41. The monoisotopic (exact) mass is 273 g/mol. The SMILES string of the molecule is CNc1nc(-c2ccc(C(C)(C)C)cc2)nc(C)c1F. The number of benzene rings is 1. The van der Waals surface area contributed by atoms with Crippen molar-refractivity contribution in [2.45, 2.75) is 33.1 Å². The van der Waals surface area contributed by atoms with Gasteiger partial charge in [-0.05, 0) is 17.9 Å². The third kappa shape index (κ3) is 2.79. The quantitative estimate of drug-likeness (QED) is 0.901. The molecule has 3 nitrogen and oxygen atoms in total. The van der Waals surface area contributed by atoms with Gasteiger partial charge in [-0.15, -0.1) is 0 Å². The number of aryl methyl sites for hydroxylation is 1.